The van der Waals surface area contributed by atoms with Gasteiger partial charge in [-0.3, -0.25) is 4.79 Å². The predicted molar refractivity (Wildman–Crippen MR) is 76.4 cm³/mol. The van der Waals surface area contributed by atoms with Crippen molar-refractivity contribution < 1.29 is 23.1 Å². The summed E-state index contributed by atoms with van der Waals surface area (Å²) in [6, 6.07) is 9.39. The fraction of sp³-hybridized carbons (Fsp3) is 0.125. The first-order chi connectivity index (χ1) is 10.4. The zero-order chi connectivity index (χ0) is 16.1. The second kappa shape index (κ2) is 6.80. The van der Waals surface area contributed by atoms with E-state index < -0.39 is 30.1 Å². The molecular weight excluding hydrogens is 292 g/mol. The number of anilines is 1. The Balaban J connectivity index is 1.92. The number of amides is 1. The van der Waals surface area contributed by atoms with Crippen LogP contribution in [0.4, 0.5) is 14.5 Å². The highest BCUT2D eigenvalue weighted by Gasteiger charge is 2.13. The van der Waals surface area contributed by atoms with Crippen LogP contribution < -0.4 is 5.32 Å². The van der Waals surface area contributed by atoms with Gasteiger partial charge >= 0.3 is 5.97 Å². The van der Waals surface area contributed by atoms with E-state index in [0.717, 1.165) is 17.7 Å². The predicted octanol–water partition coefficient (Wildman–Crippen LogP) is 3.07. The molecule has 0 atom stereocenters. The number of carbonyl (C=O) groups is 2. The number of nitrogens with one attached hydrogen (secondary N) is 1. The average molecular weight is 305 g/mol. The quantitative estimate of drug-likeness (QED) is 0.883. The molecule has 0 unspecified atom stereocenters. The van der Waals surface area contributed by atoms with E-state index in [1.807, 2.05) is 13.0 Å². The number of halogens is 2. The number of aryl methyl sites for hydroxylation is 1. The van der Waals surface area contributed by atoms with Crippen LogP contribution in [0.25, 0.3) is 0 Å². The summed E-state index contributed by atoms with van der Waals surface area (Å²) in [5.74, 6) is -3.30. The molecule has 0 spiro atoms. The average Bonchev–Trinajstić information content (AvgIpc) is 2.43. The minimum atomic E-state index is -0.974. The molecule has 0 aromatic heterocycles. The summed E-state index contributed by atoms with van der Waals surface area (Å²) < 4.78 is 30.7. The number of hydrogen-bond acceptors (Lipinski definition) is 3. The highest BCUT2D eigenvalue weighted by Crippen LogP contribution is 2.11. The summed E-state index contributed by atoms with van der Waals surface area (Å²) in [5, 5.41) is 2.55. The first kappa shape index (κ1) is 15.6. The lowest BCUT2D eigenvalue weighted by Gasteiger charge is -2.07. The van der Waals surface area contributed by atoms with Gasteiger partial charge in [0.15, 0.2) is 6.61 Å². The Morgan fingerprint density at radius 1 is 1.09 bits per heavy atom. The standard InChI is InChI=1S/C16H13F2NO3/c1-10-3-2-4-14(5-10)19-15(20)9-22-16(21)11-6-12(17)8-13(18)7-11/h2-8H,9H2,1H3,(H,19,20). The number of ether oxygens (including phenoxy) is 1. The van der Waals surface area contributed by atoms with E-state index in [1.54, 1.807) is 18.2 Å². The van der Waals surface area contributed by atoms with Crippen molar-refractivity contribution in [3.05, 3.63) is 65.2 Å². The molecule has 1 amide bonds. The van der Waals surface area contributed by atoms with E-state index in [0.29, 0.717) is 11.8 Å². The Morgan fingerprint density at radius 3 is 2.41 bits per heavy atom. The molecule has 0 aliphatic rings. The van der Waals surface area contributed by atoms with Crippen molar-refractivity contribution in [2.75, 3.05) is 11.9 Å². The molecule has 0 aliphatic heterocycles. The third kappa shape index (κ3) is 4.37. The first-order valence-corrected chi connectivity index (χ1v) is 6.44. The highest BCUT2D eigenvalue weighted by molar-refractivity contribution is 5.95. The lowest BCUT2D eigenvalue weighted by Crippen LogP contribution is -2.21. The second-order valence-corrected chi connectivity index (χ2v) is 4.65. The molecular formula is C16H13F2NO3. The molecule has 0 saturated carbocycles. The van der Waals surface area contributed by atoms with Crippen LogP contribution in [0.2, 0.25) is 0 Å². The highest BCUT2D eigenvalue weighted by atomic mass is 19.1. The van der Waals surface area contributed by atoms with Crippen molar-refractivity contribution in [3.63, 3.8) is 0 Å². The largest absolute Gasteiger partial charge is 0.452 e. The van der Waals surface area contributed by atoms with Gasteiger partial charge in [0, 0.05) is 11.8 Å². The Bertz CT molecular complexity index is 696. The number of rotatable bonds is 4. The summed E-state index contributed by atoms with van der Waals surface area (Å²) in [4.78, 5) is 23.3. The Labute approximate surface area is 125 Å². The lowest BCUT2D eigenvalue weighted by molar-refractivity contribution is -0.119. The van der Waals surface area contributed by atoms with Crippen LogP contribution in [0.15, 0.2) is 42.5 Å². The maximum Gasteiger partial charge on any atom is 0.338 e. The molecule has 6 heteroatoms. The fourth-order valence-corrected chi connectivity index (χ4v) is 1.81. The molecule has 2 aromatic rings. The maximum absolute atomic E-state index is 13.0. The SMILES string of the molecule is Cc1cccc(NC(=O)COC(=O)c2cc(F)cc(F)c2)c1. The summed E-state index contributed by atoms with van der Waals surface area (Å²) in [6.07, 6.45) is 0. The molecule has 114 valence electrons. The van der Waals surface area contributed by atoms with Gasteiger partial charge in [-0.15, -0.1) is 0 Å². The van der Waals surface area contributed by atoms with Crippen LogP contribution in [0, 0.1) is 18.6 Å². The molecule has 0 fully saturated rings. The van der Waals surface area contributed by atoms with Crippen molar-refractivity contribution in [2.24, 2.45) is 0 Å². The van der Waals surface area contributed by atoms with Crippen LogP contribution in [0.3, 0.4) is 0 Å². The number of carbonyl (C=O) groups excluding carboxylic acids is 2. The number of benzene rings is 2. The Morgan fingerprint density at radius 2 is 1.77 bits per heavy atom. The minimum absolute atomic E-state index is 0.291. The summed E-state index contributed by atoms with van der Waals surface area (Å²) >= 11 is 0. The van der Waals surface area contributed by atoms with Gasteiger partial charge in [-0.2, -0.15) is 0 Å². The van der Waals surface area contributed by atoms with Gasteiger partial charge in [0.25, 0.3) is 5.91 Å². The summed E-state index contributed by atoms with van der Waals surface area (Å²) in [7, 11) is 0. The van der Waals surface area contributed by atoms with Crippen LogP contribution in [0.1, 0.15) is 15.9 Å². The van der Waals surface area contributed by atoms with Gasteiger partial charge in [0.2, 0.25) is 0 Å². The third-order valence-corrected chi connectivity index (χ3v) is 2.73. The van der Waals surface area contributed by atoms with Crippen molar-refractivity contribution in [3.8, 4) is 0 Å². The molecule has 2 rings (SSSR count). The van der Waals surface area contributed by atoms with Gasteiger partial charge in [-0.25, -0.2) is 13.6 Å². The van der Waals surface area contributed by atoms with Gasteiger partial charge in [0.1, 0.15) is 11.6 Å². The Hall–Kier alpha value is -2.76. The molecule has 22 heavy (non-hydrogen) atoms. The van der Waals surface area contributed by atoms with Crippen LogP contribution >= 0.6 is 0 Å². The van der Waals surface area contributed by atoms with Crippen molar-refractivity contribution in [2.45, 2.75) is 6.92 Å². The van der Waals surface area contributed by atoms with Crippen LogP contribution in [-0.2, 0) is 9.53 Å². The third-order valence-electron chi connectivity index (χ3n) is 2.73. The maximum atomic E-state index is 13.0. The van der Waals surface area contributed by atoms with E-state index in [2.05, 4.69) is 5.32 Å². The lowest BCUT2D eigenvalue weighted by atomic mass is 10.2. The fourth-order valence-electron chi connectivity index (χ4n) is 1.81. The normalized spacial score (nSPS) is 10.1. The van der Waals surface area contributed by atoms with Crippen LogP contribution in [-0.4, -0.2) is 18.5 Å². The Kier molecular flexibility index (Phi) is 4.83. The molecule has 1 N–H and O–H groups in total. The van der Waals surface area contributed by atoms with Gasteiger partial charge < -0.3 is 10.1 Å². The minimum Gasteiger partial charge on any atom is -0.452 e. The molecule has 2 aromatic carbocycles. The molecule has 0 saturated heterocycles. The van der Waals surface area contributed by atoms with Gasteiger partial charge in [-0.05, 0) is 36.8 Å². The molecule has 0 heterocycles. The number of esters is 1. The zero-order valence-electron chi connectivity index (χ0n) is 11.7. The van der Waals surface area contributed by atoms with E-state index in [-0.39, 0.29) is 5.56 Å². The number of hydrogen-bond donors (Lipinski definition) is 1. The van der Waals surface area contributed by atoms with E-state index in [9.17, 15) is 18.4 Å². The van der Waals surface area contributed by atoms with Crippen molar-refractivity contribution >= 4 is 17.6 Å². The summed E-state index contributed by atoms with van der Waals surface area (Å²) in [5.41, 5.74) is 1.24. The smallest absolute Gasteiger partial charge is 0.338 e. The van der Waals surface area contributed by atoms with Crippen LogP contribution in [0.5, 0.6) is 0 Å². The van der Waals surface area contributed by atoms with Crippen molar-refractivity contribution in [1.82, 2.24) is 0 Å². The molecule has 4 nitrogen and oxygen atoms in total. The second-order valence-electron chi connectivity index (χ2n) is 4.65. The van der Waals surface area contributed by atoms with E-state index >= 15 is 0 Å². The first-order valence-electron chi connectivity index (χ1n) is 6.44. The zero-order valence-corrected chi connectivity index (χ0v) is 11.7. The van der Waals surface area contributed by atoms with Crippen molar-refractivity contribution in [1.29, 1.82) is 0 Å². The topological polar surface area (TPSA) is 55.4 Å². The summed E-state index contributed by atoms with van der Waals surface area (Å²) in [6.45, 7) is 1.32. The van der Waals surface area contributed by atoms with Gasteiger partial charge in [0.05, 0.1) is 5.56 Å². The molecule has 0 radical (unpaired) electrons. The van der Waals surface area contributed by atoms with Gasteiger partial charge in [-0.1, -0.05) is 12.1 Å². The monoisotopic (exact) mass is 305 g/mol. The molecule has 0 bridgehead atoms. The van der Waals surface area contributed by atoms with E-state index in [1.165, 1.54) is 0 Å². The van der Waals surface area contributed by atoms with E-state index in [4.69, 9.17) is 4.74 Å². The molecule has 0 aliphatic carbocycles.